The molecule has 0 spiro atoms. The molecule has 0 amide bonds. The van der Waals surface area contributed by atoms with E-state index in [0.717, 1.165) is 12.0 Å². The van der Waals surface area contributed by atoms with Gasteiger partial charge in [-0.2, -0.15) is 0 Å². The minimum Gasteiger partial charge on any atom is -0.313 e. The van der Waals surface area contributed by atoms with Crippen LogP contribution in [0.1, 0.15) is 57.8 Å². The van der Waals surface area contributed by atoms with E-state index in [1.54, 1.807) is 0 Å². The lowest BCUT2D eigenvalue weighted by atomic mass is 9.99. The average molecular weight is 238 g/mol. The lowest BCUT2D eigenvalue weighted by Gasteiger charge is -2.30. The monoisotopic (exact) mass is 238 g/mol. The molecule has 100 valence electrons. The molecule has 1 aliphatic heterocycles. The topological polar surface area (TPSA) is 15.3 Å². The largest absolute Gasteiger partial charge is 0.313 e. The Hall–Kier alpha value is -0.0800. The van der Waals surface area contributed by atoms with Crippen LogP contribution in [0, 0.1) is 5.92 Å². The molecule has 1 saturated heterocycles. The van der Waals surface area contributed by atoms with Gasteiger partial charge in [0.2, 0.25) is 0 Å². The van der Waals surface area contributed by atoms with Crippen molar-refractivity contribution in [3.8, 4) is 0 Å². The third-order valence-electron chi connectivity index (χ3n) is 4.49. The Morgan fingerprint density at radius 2 is 1.59 bits per heavy atom. The van der Waals surface area contributed by atoms with Gasteiger partial charge in [0, 0.05) is 19.1 Å². The van der Waals surface area contributed by atoms with Gasteiger partial charge in [0.05, 0.1) is 0 Å². The Balaban J connectivity index is 1.66. The molecule has 1 atom stereocenters. The van der Waals surface area contributed by atoms with Crippen LogP contribution in [0.25, 0.3) is 0 Å². The van der Waals surface area contributed by atoms with Crippen LogP contribution in [0.4, 0.5) is 0 Å². The summed E-state index contributed by atoms with van der Waals surface area (Å²) in [6, 6.07) is 0.763. The molecule has 2 rings (SSSR count). The van der Waals surface area contributed by atoms with Gasteiger partial charge in [-0.25, -0.2) is 0 Å². The van der Waals surface area contributed by atoms with Crippen LogP contribution in [-0.2, 0) is 0 Å². The molecule has 0 aromatic heterocycles. The van der Waals surface area contributed by atoms with E-state index >= 15 is 0 Å². The maximum Gasteiger partial charge on any atom is 0.0194 e. The van der Waals surface area contributed by atoms with Gasteiger partial charge in [-0.1, -0.05) is 32.1 Å². The van der Waals surface area contributed by atoms with Gasteiger partial charge in [-0.05, 0) is 45.2 Å². The fourth-order valence-electron chi connectivity index (χ4n) is 3.52. The maximum atomic E-state index is 3.66. The van der Waals surface area contributed by atoms with E-state index in [-0.39, 0.29) is 0 Å². The van der Waals surface area contributed by atoms with Crippen molar-refractivity contribution in [2.24, 2.45) is 5.92 Å². The van der Waals surface area contributed by atoms with Crippen LogP contribution >= 0.6 is 0 Å². The van der Waals surface area contributed by atoms with Gasteiger partial charge in [-0.3, -0.25) is 0 Å². The minimum absolute atomic E-state index is 0.763. The second kappa shape index (κ2) is 7.38. The van der Waals surface area contributed by atoms with Crippen molar-refractivity contribution in [2.45, 2.75) is 63.8 Å². The maximum absolute atomic E-state index is 3.66. The van der Waals surface area contributed by atoms with Crippen molar-refractivity contribution in [1.82, 2.24) is 10.2 Å². The molecule has 1 unspecified atom stereocenters. The Labute approximate surface area is 107 Å². The summed E-state index contributed by atoms with van der Waals surface area (Å²) in [4.78, 5) is 2.58. The molecular formula is C15H30N2. The summed E-state index contributed by atoms with van der Waals surface area (Å²) >= 11 is 0. The van der Waals surface area contributed by atoms with Gasteiger partial charge in [0.1, 0.15) is 0 Å². The third kappa shape index (κ3) is 4.97. The van der Waals surface area contributed by atoms with Crippen LogP contribution in [-0.4, -0.2) is 37.6 Å². The minimum atomic E-state index is 0.763. The number of nitrogens with zero attached hydrogens (tertiary/aromatic N) is 1. The van der Waals surface area contributed by atoms with E-state index in [0.29, 0.717) is 0 Å². The van der Waals surface area contributed by atoms with Crippen molar-refractivity contribution >= 4 is 0 Å². The molecule has 2 fully saturated rings. The fraction of sp³-hybridized carbons (Fsp3) is 1.00. The second-order valence-electron chi connectivity index (χ2n) is 6.23. The number of likely N-dealkylation sites (N-methyl/N-ethyl adjacent to an activating group) is 1. The van der Waals surface area contributed by atoms with E-state index in [1.165, 1.54) is 77.4 Å². The summed E-state index contributed by atoms with van der Waals surface area (Å²) < 4.78 is 0. The molecule has 1 heterocycles. The number of hydrogen-bond acceptors (Lipinski definition) is 2. The predicted octanol–water partition coefficient (Wildman–Crippen LogP) is 3.03. The summed E-state index contributed by atoms with van der Waals surface area (Å²) in [6.45, 7) is 3.83. The Kier molecular flexibility index (Phi) is 5.79. The Bertz CT molecular complexity index is 191. The number of nitrogens with one attached hydrogen (secondary N) is 1. The predicted molar refractivity (Wildman–Crippen MR) is 74.3 cm³/mol. The highest BCUT2D eigenvalue weighted by Crippen LogP contribution is 2.23. The molecule has 0 aromatic rings. The molecule has 0 radical (unpaired) electrons. The molecule has 17 heavy (non-hydrogen) atoms. The molecule has 2 heteroatoms. The molecule has 2 nitrogen and oxygen atoms in total. The number of hydrogen-bond donors (Lipinski definition) is 1. The van der Waals surface area contributed by atoms with Crippen LogP contribution in [0.15, 0.2) is 0 Å². The first-order chi connectivity index (χ1) is 8.34. The normalized spacial score (nSPS) is 28.2. The standard InChI is InChI=1S/C15H30N2/c1-17(13-15-10-6-7-11-16-15)12-14-8-4-2-3-5-9-14/h14-16H,2-13H2,1H3. The van der Waals surface area contributed by atoms with E-state index in [2.05, 4.69) is 17.3 Å². The van der Waals surface area contributed by atoms with Crippen molar-refractivity contribution < 1.29 is 0 Å². The molecule has 0 aromatic carbocycles. The third-order valence-corrected chi connectivity index (χ3v) is 4.49. The lowest BCUT2D eigenvalue weighted by molar-refractivity contribution is 0.221. The van der Waals surface area contributed by atoms with Crippen LogP contribution in [0.3, 0.4) is 0 Å². The lowest BCUT2D eigenvalue weighted by Crippen LogP contribution is -2.43. The Morgan fingerprint density at radius 3 is 2.24 bits per heavy atom. The summed E-state index contributed by atoms with van der Waals surface area (Å²) in [7, 11) is 2.32. The highest BCUT2D eigenvalue weighted by Gasteiger charge is 2.18. The second-order valence-corrected chi connectivity index (χ2v) is 6.23. The van der Waals surface area contributed by atoms with Gasteiger partial charge >= 0.3 is 0 Å². The molecule has 0 bridgehead atoms. The highest BCUT2D eigenvalue weighted by atomic mass is 15.1. The summed E-state index contributed by atoms with van der Waals surface area (Å²) in [5.74, 6) is 0.978. The summed E-state index contributed by atoms with van der Waals surface area (Å²) in [5, 5.41) is 3.66. The SMILES string of the molecule is CN(CC1CCCCCC1)CC1CCCCN1. The van der Waals surface area contributed by atoms with Gasteiger partial charge < -0.3 is 10.2 Å². The van der Waals surface area contributed by atoms with Crippen molar-refractivity contribution in [3.63, 3.8) is 0 Å². The van der Waals surface area contributed by atoms with Crippen molar-refractivity contribution in [1.29, 1.82) is 0 Å². The van der Waals surface area contributed by atoms with E-state index in [4.69, 9.17) is 0 Å². The first kappa shape index (κ1) is 13.4. The first-order valence-electron chi connectivity index (χ1n) is 7.76. The zero-order chi connectivity index (χ0) is 11.9. The summed E-state index contributed by atoms with van der Waals surface area (Å²) in [5.41, 5.74) is 0. The van der Waals surface area contributed by atoms with Crippen LogP contribution < -0.4 is 5.32 Å². The molecule has 1 saturated carbocycles. The highest BCUT2D eigenvalue weighted by molar-refractivity contribution is 4.76. The molecule has 2 aliphatic rings. The zero-order valence-electron chi connectivity index (χ0n) is 11.6. The van der Waals surface area contributed by atoms with Gasteiger partial charge in [0.25, 0.3) is 0 Å². The zero-order valence-corrected chi connectivity index (χ0v) is 11.6. The molecule has 1 N–H and O–H groups in total. The Morgan fingerprint density at radius 1 is 0.882 bits per heavy atom. The average Bonchev–Trinajstić information content (AvgIpc) is 2.59. The first-order valence-corrected chi connectivity index (χ1v) is 7.76. The van der Waals surface area contributed by atoms with E-state index in [1.807, 2.05) is 0 Å². The van der Waals surface area contributed by atoms with Gasteiger partial charge in [-0.15, -0.1) is 0 Å². The number of rotatable bonds is 4. The van der Waals surface area contributed by atoms with Crippen LogP contribution in [0.5, 0.6) is 0 Å². The number of piperidine rings is 1. The smallest absolute Gasteiger partial charge is 0.0194 e. The molecule has 1 aliphatic carbocycles. The molecular weight excluding hydrogens is 208 g/mol. The quantitative estimate of drug-likeness (QED) is 0.757. The summed E-state index contributed by atoms with van der Waals surface area (Å²) in [6.07, 6.45) is 13.0. The van der Waals surface area contributed by atoms with Crippen molar-refractivity contribution in [2.75, 3.05) is 26.7 Å². The van der Waals surface area contributed by atoms with Crippen molar-refractivity contribution in [3.05, 3.63) is 0 Å². The van der Waals surface area contributed by atoms with Crippen LogP contribution in [0.2, 0.25) is 0 Å². The fourth-order valence-corrected chi connectivity index (χ4v) is 3.52. The van der Waals surface area contributed by atoms with E-state index in [9.17, 15) is 0 Å². The van der Waals surface area contributed by atoms with E-state index < -0.39 is 0 Å². The van der Waals surface area contributed by atoms with Gasteiger partial charge in [0.15, 0.2) is 0 Å².